The molecule has 3 aliphatic rings. The Morgan fingerprint density at radius 3 is 2.67 bits per heavy atom. The summed E-state index contributed by atoms with van der Waals surface area (Å²) in [4.78, 5) is 25.2. The molecule has 0 unspecified atom stereocenters. The molecule has 1 heterocycles. The molecule has 0 aromatic carbocycles. The number of rotatable bonds is 6. The topological polar surface area (TPSA) is 123 Å². The van der Waals surface area contributed by atoms with E-state index in [9.17, 15) is 24.9 Å². The van der Waals surface area contributed by atoms with Gasteiger partial charge in [-0.1, -0.05) is 18.7 Å². The fraction of sp³-hybridized carbons (Fsp3) is 0.714. The fourth-order valence-corrected chi connectivity index (χ4v) is 5.37. The SMILES string of the molecule is C=C1C(=O)O[C@H]2[C@H]1[C@@H](OC(=O)[C@](C)(CO)OCC)CC(=C)[C@@H]1C[C@@H](O)[C@](O)(CCl)[C@H]21. The third-order valence-corrected chi connectivity index (χ3v) is 7.17. The molecule has 8 atom stereocenters. The average molecular weight is 445 g/mol. The Balaban J connectivity index is 1.98. The number of carbonyl (C=O) groups excluding carboxylic acids is 2. The summed E-state index contributed by atoms with van der Waals surface area (Å²) in [5.74, 6) is -3.54. The largest absolute Gasteiger partial charge is 0.459 e. The molecule has 0 bridgehead atoms. The summed E-state index contributed by atoms with van der Waals surface area (Å²) in [6.07, 6.45) is -2.47. The van der Waals surface area contributed by atoms with Crippen LogP contribution in [0.1, 0.15) is 26.7 Å². The minimum atomic E-state index is -1.69. The number of ether oxygens (including phenoxy) is 3. The third-order valence-electron chi connectivity index (χ3n) is 6.74. The Labute approximate surface area is 180 Å². The lowest BCUT2D eigenvalue weighted by molar-refractivity contribution is -0.184. The van der Waals surface area contributed by atoms with Gasteiger partial charge in [0.1, 0.15) is 17.8 Å². The summed E-state index contributed by atoms with van der Waals surface area (Å²) in [7, 11) is 0. The smallest absolute Gasteiger partial charge is 0.340 e. The highest BCUT2D eigenvalue weighted by atomic mass is 35.5. The molecule has 9 heteroatoms. The van der Waals surface area contributed by atoms with Crippen molar-refractivity contribution in [1.29, 1.82) is 0 Å². The third kappa shape index (κ3) is 3.48. The molecule has 30 heavy (non-hydrogen) atoms. The number of aliphatic hydroxyl groups is 3. The molecule has 1 saturated heterocycles. The van der Waals surface area contributed by atoms with Crippen molar-refractivity contribution in [2.24, 2.45) is 17.8 Å². The van der Waals surface area contributed by atoms with Crippen LogP contribution >= 0.6 is 11.6 Å². The van der Waals surface area contributed by atoms with E-state index in [1.807, 2.05) is 0 Å². The lowest BCUT2D eigenvalue weighted by Crippen LogP contribution is -2.52. The van der Waals surface area contributed by atoms with E-state index in [1.54, 1.807) is 6.92 Å². The zero-order valence-electron chi connectivity index (χ0n) is 17.2. The molecule has 0 amide bonds. The van der Waals surface area contributed by atoms with Crippen LogP contribution in [0.25, 0.3) is 0 Å². The maximum absolute atomic E-state index is 12.8. The molecule has 3 rings (SSSR count). The predicted octanol–water partition coefficient (Wildman–Crippen LogP) is 0.710. The van der Waals surface area contributed by atoms with Gasteiger partial charge in [0, 0.05) is 24.5 Å². The van der Waals surface area contributed by atoms with Gasteiger partial charge in [-0.2, -0.15) is 0 Å². The Bertz CT molecular complexity index is 753. The lowest BCUT2D eigenvalue weighted by atomic mass is 9.76. The van der Waals surface area contributed by atoms with Crippen molar-refractivity contribution >= 4 is 23.5 Å². The molecule has 0 aromatic heterocycles. The first kappa shape index (κ1) is 23.2. The highest BCUT2D eigenvalue weighted by Crippen LogP contribution is 2.55. The Morgan fingerprint density at radius 2 is 2.10 bits per heavy atom. The number of halogens is 1. The first-order chi connectivity index (χ1) is 14.0. The molecule has 0 spiro atoms. The van der Waals surface area contributed by atoms with Gasteiger partial charge >= 0.3 is 11.9 Å². The van der Waals surface area contributed by atoms with E-state index in [0.717, 1.165) is 0 Å². The number of esters is 2. The Hall–Kier alpha value is -1.45. The van der Waals surface area contributed by atoms with Gasteiger partial charge in [0.05, 0.1) is 24.5 Å². The quantitative estimate of drug-likeness (QED) is 0.237. The van der Waals surface area contributed by atoms with Crippen LogP contribution in [-0.4, -0.2) is 75.9 Å². The van der Waals surface area contributed by atoms with E-state index in [4.69, 9.17) is 25.8 Å². The van der Waals surface area contributed by atoms with Crippen LogP contribution in [0.3, 0.4) is 0 Å². The second-order valence-corrected chi connectivity index (χ2v) is 8.82. The van der Waals surface area contributed by atoms with Gasteiger partial charge < -0.3 is 29.5 Å². The monoisotopic (exact) mass is 444 g/mol. The summed E-state index contributed by atoms with van der Waals surface area (Å²) in [5, 5.41) is 31.3. The van der Waals surface area contributed by atoms with E-state index >= 15 is 0 Å². The first-order valence-electron chi connectivity index (χ1n) is 10.0. The van der Waals surface area contributed by atoms with E-state index in [0.29, 0.717) is 5.57 Å². The van der Waals surface area contributed by atoms with Crippen molar-refractivity contribution in [2.75, 3.05) is 19.1 Å². The van der Waals surface area contributed by atoms with Gasteiger partial charge in [-0.25, -0.2) is 9.59 Å². The van der Waals surface area contributed by atoms with E-state index < -0.39 is 59.9 Å². The number of carbonyl (C=O) groups is 2. The van der Waals surface area contributed by atoms with E-state index in [2.05, 4.69) is 13.2 Å². The number of fused-ring (bicyclic) bond motifs is 3. The molecular formula is C21H29ClO8. The van der Waals surface area contributed by atoms with E-state index in [-0.39, 0.29) is 36.8 Å². The van der Waals surface area contributed by atoms with Crippen LogP contribution in [-0.2, 0) is 23.8 Å². The summed E-state index contributed by atoms with van der Waals surface area (Å²) in [6.45, 7) is 10.6. The van der Waals surface area contributed by atoms with Crippen LogP contribution in [0.5, 0.6) is 0 Å². The summed E-state index contributed by atoms with van der Waals surface area (Å²) in [6, 6.07) is 0. The average Bonchev–Trinajstić information content (AvgIpc) is 3.10. The van der Waals surface area contributed by atoms with Crippen molar-refractivity contribution in [3.63, 3.8) is 0 Å². The maximum atomic E-state index is 12.8. The van der Waals surface area contributed by atoms with Crippen molar-refractivity contribution in [1.82, 2.24) is 0 Å². The molecule has 3 N–H and O–H groups in total. The zero-order valence-corrected chi connectivity index (χ0v) is 17.9. The maximum Gasteiger partial charge on any atom is 0.340 e. The lowest BCUT2D eigenvalue weighted by Gasteiger charge is -2.37. The summed E-state index contributed by atoms with van der Waals surface area (Å²) >= 11 is 6.03. The molecular weight excluding hydrogens is 416 g/mol. The van der Waals surface area contributed by atoms with Crippen LogP contribution in [0.4, 0.5) is 0 Å². The van der Waals surface area contributed by atoms with Gasteiger partial charge in [0.15, 0.2) is 5.60 Å². The minimum absolute atomic E-state index is 0.117. The molecule has 0 aromatic rings. The Morgan fingerprint density at radius 1 is 1.43 bits per heavy atom. The molecule has 8 nitrogen and oxygen atoms in total. The van der Waals surface area contributed by atoms with Crippen molar-refractivity contribution in [2.45, 2.75) is 56.2 Å². The number of hydrogen-bond donors (Lipinski definition) is 3. The minimum Gasteiger partial charge on any atom is -0.459 e. The van der Waals surface area contributed by atoms with Gasteiger partial charge in [-0.3, -0.25) is 0 Å². The van der Waals surface area contributed by atoms with Crippen LogP contribution in [0, 0.1) is 17.8 Å². The molecule has 1 aliphatic heterocycles. The normalized spacial score (nSPS) is 40.3. The van der Waals surface area contributed by atoms with Gasteiger partial charge in [0.25, 0.3) is 0 Å². The highest BCUT2D eigenvalue weighted by Gasteiger charge is 2.64. The van der Waals surface area contributed by atoms with E-state index in [1.165, 1.54) is 6.92 Å². The standard InChI is InChI=1S/C21H29ClO8/c1-5-28-20(4,9-23)19(26)29-13-6-10(2)12-7-14(24)21(27,8-22)16(12)17-15(13)11(3)18(25)30-17/h12-17,23-24,27H,2-3,5-9H2,1,4H3/t12-,13-,14+,15+,16-,17-,20-,21+/m0/s1. The summed E-state index contributed by atoms with van der Waals surface area (Å²) < 4.78 is 16.7. The van der Waals surface area contributed by atoms with Crippen molar-refractivity contribution in [3.8, 4) is 0 Å². The van der Waals surface area contributed by atoms with Crippen LogP contribution < -0.4 is 0 Å². The van der Waals surface area contributed by atoms with Crippen LogP contribution in [0.2, 0.25) is 0 Å². The first-order valence-corrected chi connectivity index (χ1v) is 10.6. The molecule has 3 fully saturated rings. The van der Waals surface area contributed by atoms with Crippen LogP contribution in [0.15, 0.2) is 24.3 Å². The van der Waals surface area contributed by atoms with Crippen molar-refractivity contribution < 1.29 is 39.1 Å². The second kappa shape index (κ2) is 8.24. The number of hydrogen-bond acceptors (Lipinski definition) is 8. The predicted molar refractivity (Wildman–Crippen MR) is 107 cm³/mol. The fourth-order valence-electron chi connectivity index (χ4n) is 5.02. The number of alkyl halides is 1. The molecule has 2 aliphatic carbocycles. The van der Waals surface area contributed by atoms with Gasteiger partial charge in [-0.05, 0) is 26.2 Å². The second-order valence-electron chi connectivity index (χ2n) is 8.56. The summed E-state index contributed by atoms with van der Waals surface area (Å²) in [5.41, 5.74) is -2.48. The zero-order chi connectivity index (χ0) is 22.4. The van der Waals surface area contributed by atoms with Gasteiger partial charge in [0.2, 0.25) is 0 Å². The molecule has 168 valence electrons. The van der Waals surface area contributed by atoms with Crippen molar-refractivity contribution in [3.05, 3.63) is 24.3 Å². The Kier molecular flexibility index (Phi) is 6.38. The highest BCUT2D eigenvalue weighted by molar-refractivity contribution is 6.18. The molecule has 2 saturated carbocycles. The number of aliphatic hydroxyl groups excluding tert-OH is 2. The molecule has 0 radical (unpaired) electrons. The van der Waals surface area contributed by atoms with Gasteiger partial charge in [-0.15, -0.1) is 11.6 Å².